The standard InChI is InChI=1S/C14H15BrN2O3/c1-7-2-3-17(12(7)6-18)11-5-10-8(4-9(11)15)13(19)14(20)16-10/h4-5,7,12,18H,2-3,6H2,1H3,(H,16,19,20). The number of carbonyl (C=O) groups excluding carboxylic acids is 2. The van der Waals surface area contributed by atoms with Crippen LogP contribution in [0.4, 0.5) is 11.4 Å². The molecule has 0 spiro atoms. The van der Waals surface area contributed by atoms with Gasteiger partial charge in [-0.05, 0) is 40.4 Å². The number of Topliss-reactive ketones (excluding diaryl/α,β-unsaturated/α-hetero) is 1. The number of nitrogens with one attached hydrogen (secondary N) is 1. The fraction of sp³-hybridized carbons (Fsp3) is 0.429. The molecule has 0 aromatic heterocycles. The number of nitrogens with zero attached hydrogens (tertiary/aromatic N) is 1. The maximum atomic E-state index is 11.7. The molecule has 5 nitrogen and oxygen atoms in total. The number of aliphatic hydroxyl groups is 1. The number of rotatable bonds is 2. The van der Waals surface area contributed by atoms with Gasteiger partial charge in [0.25, 0.3) is 11.7 Å². The highest BCUT2D eigenvalue weighted by Gasteiger charge is 2.34. The number of anilines is 2. The van der Waals surface area contributed by atoms with Crippen LogP contribution in [0.5, 0.6) is 0 Å². The topological polar surface area (TPSA) is 69.6 Å². The minimum atomic E-state index is -0.586. The summed E-state index contributed by atoms with van der Waals surface area (Å²) < 4.78 is 0.772. The van der Waals surface area contributed by atoms with Crippen molar-refractivity contribution < 1.29 is 14.7 Å². The van der Waals surface area contributed by atoms with Gasteiger partial charge in [0.1, 0.15) is 0 Å². The molecule has 2 aliphatic rings. The zero-order valence-corrected chi connectivity index (χ0v) is 12.6. The molecular formula is C14H15BrN2O3. The van der Waals surface area contributed by atoms with Gasteiger partial charge in [-0.1, -0.05) is 6.92 Å². The van der Waals surface area contributed by atoms with E-state index in [0.717, 1.165) is 23.1 Å². The van der Waals surface area contributed by atoms with Crippen molar-refractivity contribution in [1.29, 1.82) is 0 Å². The van der Waals surface area contributed by atoms with Gasteiger partial charge < -0.3 is 15.3 Å². The van der Waals surface area contributed by atoms with Crippen LogP contribution < -0.4 is 10.2 Å². The molecule has 1 aromatic carbocycles. The third-order valence-electron chi connectivity index (χ3n) is 4.17. The summed E-state index contributed by atoms with van der Waals surface area (Å²) in [5.41, 5.74) is 1.86. The molecule has 2 heterocycles. The van der Waals surface area contributed by atoms with E-state index >= 15 is 0 Å². The third-order valence-corrected chi connectivity index (χ3v) is 4.80. The van der Waals surface area contributed by atoms with E-state index in [4.69, 9.17) is 0 Å². The van der Waals surface area contributed by atoms with Crippen LogP contribution >= 0.6 is 15.9 Å². The maximum absolute atomic E-state index is 11.7. The number of aliphatic hydroxyl groups excluding tert-OH is 1. The summed E-state index contributed by atoms with van der Waals surface area (Å²) in [4.78, 5) is 25.2. The first-order valence-electron chi connectivity index (χ1n) is 6.59. The SMILES string of the molecule is CC1CCN(c2cc3c(cc2Br)C(=O)C(=O)N3)C1CO. The zero-order chi connectivity index (χ0) is 14.4. The van der Waals surface area contributed by atoms with Crippen molar-refractivity contribution in [2.24, 2.45) is 5.92 Å². The second-order valence-corrected chi connectivity index (χ2v) is 6.20. The van der Waals surface area contributed by atoms with Crippen LogP contribution in [0.25, 0.3) is 0 Å². The van der Waals surface area contributed by atoms with Crippen LogP contribution in [0.15, 0.2) is 16.6 Å². The van der Waals surface area contributed by atoms with E-state index in [1.54, 1.807) is 6.07 Å². The van der Waals surface area contributed by atoms with E-state index in [1.165, 1.54) is 0 Å². The highest BCUT2D eigenvalue weighted by atomic mass is 79.9. The van der Waals surface area contributed by atoms with Crippen LogP contribution in [0, 0.1) is 5.92 Å². The highest BCUT2D eigenvalue weighted by Crippen LogP contribution is 2.39. The number of ketones is 1. The largest absolute Gasteiger partial charge is 0.394 e. The van der Waals surface area contributed by atoms with Crippen molar-refractivity contribution in [3.8, 4) is 0 Å². The first-order chi connectivity index (χ1) is 9.52. The molecule has 2 atom stereocenters. The molecule has 20 heavy (non-hydrogen) atoms. The number of amides is 1. The van der Waals surface area contributed by atoms with E-state index in [1.807, 2.05) is 6.07 Å². The van der Waals surface area contributed by atoms with Crippen LogP contribution in [0.3, 0.4) is 0 Å². The fourth-order valence-electron chi connectivity index (χ4n) is 2.96. The Morgan fingerprint density at radius 2 is 2.20 bits per heavy atom. The normalized spacial score (nSPS) is 25.1. The summed E-state index contributed by atoms with van der Waals surface area (Å²) in [6.45, 7) is 3.06. The smallest absolute Gasteiger partial charge is 0.296 e. The molecule has 0 radical (unpaired) electrons. The summed E-state index contributed by atoms with van der Waals surface area (Å²) in [5.74, 6) is -0.672. The van der Waals surface area contributed by atoms with E-state index in [-0.39, 0.29) is 12.6 Å². The van der Waals surface area contributed by atoms with Crippen molar-refractivity contribution in [1.82, 2.24) is 0 Å². The Bertz CT molecular complexity index is 602. The molecule has 2 aliphatic heterocycles. The first kappa shape index (κ1) is 13.6. The molecule has 106 valence electrons. The van der Waals surface area contributed by atoms with E-state index in [9.17, 15) is 14.7 Å². The molecule has 0 aliphatic carbocycles. The Morgan fingerprint density at radius 1 is 1.45 bits per heavy atom. The third kappa shape index (κ3) is 1.94. The molecule has 1 saturated heterocycles. The van der Waals surface area contributed by atoms with Crippen LogP contribution in [-0.4, -0.2) is 36.0 Å². The molecule has 0 saturated carbocycles. The molecular weight excluding hydrogens is 324 g/mol. The number of carbonyl (C=O) groups is 2. The average molecular weight is 339 g/mol. The summed E-state index contributed by atoms with van der Waals surface area (Å²) in [6.07, 6.45) is 1.01. The van der Waals surface area contributed by atoms with Crippen molar-refractivity contribution >= 4 is 39.0 Å². The fourth-order valence-corrected chi connectivity index (χ4v) is 3.53. The Labute approximate surface area is 125 Å². The van der Waals surface area contributed by atoms with Crippen molar-refractivity contribution in [3.05, 3.63) is 22.2 Å². The monoisotopic (exact) mass is 338 g/mol. The number of hydrogen-bond donors (Lipinski definition) is 2. The molecule has 1 aromatic rings. The molecule has 0 bridgehead atoms. The molecule has 2 N–H and O–H groups in total. The summed E-state index contributed by atoms with van der Waals surface area (Å²) >= 11 is 3.47. The molecule has 1 amide bonds. The van der Waals surface area contributed by atoms with E-state index in [2.05, 4.69) is 33.1 Å². The Kier molecular flexibility index (Phi) is 3.30. The number of fused-ring (bicyclic) bond motifs is 1. The number of halogens is 1. The lowest BCUT2D eigenvalue weighted by Crippen LogP contribution is -2.35. The van der Waals surface area contributed by atoms with Crippen molar-refractivity contribution in [2.45, 2.75) is 19.4 Å². The minimum absolute atomic E-state index is 0.0668. The molecule has 2 unspecified atom stereocenters. The second kappa shape index (κ2) is 4.86. The lowest BCUT2D eigenvalue weighted by molar-refractivity contribution is -0.112. The van der Waals surface area contributed by atoms with E-state index < -0.39 is 11.7 Å². The van der Waals surface area contributed by atoms with Gasteiger partial charge in [0.2, 0.25) is 0 Å². The first-order valence-corrected chi connectivity index (χ1v) is 7.39. The van der Waals surface area contributed by atoms with Crippen molar-refractivity contribution in [3.63, 3.8) is 0 Å². The van der Waals surface area contributed by atoms with Crippen LogP contribution in [0.1, 0.15) is 23.7 Å². The van der Waals surface area contributed by atoms with Gasteiger partial charge in [-0.3, -0.25) is 9.59 Å². The average Bonchev–Trinajstić information content (AvgIpc) is 2.91. The quantitative estimate of drug-likeness (QED) is 0.806. The highest BCUT2D eigenvalue weighted by molar-refractivity contribution is 9.10. The van der Waals surface area contributed by atoms with Gasteiger partial charge >= 0.3 is 0 Å². The summed E-state index contributed by atoms with van der Waals surface area (Å²) in [7, 11) is 0. The van der Waals surface area contributed by atoms with Gasteiger partial charge in [-0.2, -0.15) is 0 Å². The van der Waals surface area contributed by atoms with Gasteiger partial charge in [-0.15, -0.1) is 0 Å². The second-order valence-electron chi connectivity index (χ2n) is 5.34. The van der Waals surface area contributed by atoms with E-state index in [0.29, 0.717) is 17.2 Å². The van der Waals surface area contributed by atoms with Crippen molar-refractivity contribution in [2.75, 3.05) is 23.4 Å². The lowest BCUT2D eigenvalue weighted by atomic mass is 10.0. The van der Waals surface area contributed by atoms with Crippen LogP contribution in [-0.2, 0) is 4.79 Å². The van der Waals surface area contributed by atoms with Gasteiger partial charge in [0.15, 0.2) is 0 Å². The Balaban J connectivity index is 2.02. The van der Waals surface area contributed by atoms with Gasteiger partial charge in [0.05, 0.1) is 29.6 Å². The number of benzene rings is 1. The maximum Gasteiger partial charge on any atom is 0.296 e. The van der Waals surface area contributed by atoms with Gasteiger partial charge in [-0.25, -0.2) is 0 Å². The lowest BCUT2D eigenvalue weighted by Gasteiger charge is -2.28. The summed E-state index contributed by atoms with van der Waals surface area (Å²) in [6, 6.07) is 3.56. The zero-order valence-electron chi connectivity index (χ0n) is 11.0. The predicted molar refractivity (Wildman–Crippen MR) is 79.1 cm³/mol. The number of hydrogen-bond acceptors (Lipinski definition) is 4. The van der Waals surface area contributed by atoms with Gasteiger partial charge in [0, 0.05) is 11.0 Å². The Hall–Kier alpha value is -1.40. The Morgan fingerprint density at radius 3 is 2.90 bits per heavy atom. The predicted octanol–water partition coefficient (Wildman–Crippen LogP) is 1.79. The molecule has 1 fully saturated rings. The minimum Gasteiger partial charge on any atom is -0.394 e. The summed E-state index contributed by atoms with van der Waals surface area (Å²) in [5, 5.41) is 12.1. The molecule has 3 rings (SSSR count). The van der Waals surface area contributed by atoms with Crippen LogP contribution in [0.2, 0.25) is 0 Å². The molecule has 6 heteroatoms.